The van der Waals surface area contributed by atoms with Crippen LogP contribution >= 0.6 is 12.2 Å². The quantitative estimate of drug-likeness (QED) is 0.474. The Morgan fingerprint density at radius 3 is 2.72 bits per heavy atom. The zero-order valence-corrected chi connectivity index (χ0v) is 18.9. The Labute approximate surface area is 191 Å². The summed E-state index contributed by atoms with van der Waals surface area (Å²) in [5, 5.41) is 6.83. The highest BCUT2D eigenvalue weighted by Crippen LogP contribution is 2.42. The van der Waals surface area contributed by atoms with Crippen molar-refractivity contribution in [1.29, 1.82) is 0 Å². The average molecular weight is 452 g/mol. The smallest absolute Gasteiger partial charge is 0.250 e. The van der Waals surface area contributed by atoms with Gasteiger partial charge in [-0.05, 0) is 61.6 Å². The lowest BCUT2D eigenvalue weighted by atomic mass is 10.0. The van der Waals surface area contributed by atoms with Crippen LogP contribution in [0.1, 0.15) is 29.2 Å². The second-order valence-electron chi connectivity index (χ2n) is 7.46. The fourth-order valence-electron chi connectivity index (χ4n) is 3.91. The van der Waals surface area contributed by atoms with Gasteiger partial charge in [-0.25, -0.2) is 0 Å². The van der Waals surface area contributed by atoms with Gasteiger partial charge in [0.2, 0.25) is 5.91 Å². The van der Waals surface area contributed by atoms with Crippen molar-refractivity contribution in [3.8, 4) is 5.75 Å². The number of hydrogen-bond donors (Lipinski definition) is 3. The predicted octanol–water partition coefficient (Wildman–Crippen LogP) is 3.49. The van der Waals surface area contributed by atoms with Gasteiger partial charge in [-0.2, -0.15) is 0 Å². The molecule has 0 radical (unpaired) electrons. The second-order valence-corrected chi connectivity index (χ2v) is 7.85. The Bertz CT molecular complexity index is 1120. The summed E-state index contributed by atoms with van der Waals surface area (Å²) in [5.74, 6) is 0.276. The minimum absolute atomic E-state index is 0.0524. The molecule has 1 aliphatic rings. The third-order valence-corrected chi connectivity index (χ3v) is 5.60. The molecular formula is C23H25N5O3S. The summed E-state index contributed by atoms with van der Waals surface area (Å²) in [6, 6.07) is 15.2. The van der Waals surface area contributed by atoms with Crippen LogP contribution in [0.2, 0.25) is 0 Å². The predicted molar refractivity (Wildman–Crippen MR) is 127 cm³/mol. The van der Waals surface area contributed by atoms with Crippen LogP contribution in [0.4, 0.5) is 11.4 Å². The number of aromatic amines is 1. The zero-order chi connectivity index (χ0) is 22.7. The van der Waals surface area contributed by atoms with E-state index in [0.29, 0.717) is 16.5 Å². The highest BCUT2D eigenvalue weighted by molar-refractivity contribution is 7.80. The van der Waals surface area contributed by atoms with Crippen LogP contribution in [-0.4, -0.2) is 41.8 Å². The maximum Gasteiger partial charge on any atom is 0.250 e. The molecular weight excluding hydrogens is 426 g/mol. The van der Waals surface area contributed by atoms with E-state index < -0.39 is 0 Å². The van der Waals surface area contributed by atoms with Crippen molar-refractivity contribution >= 4 is 34.6 Å². The number of rotatable bonds is 7. The zero-order valence-electron chi connectivity index (χ0n) is 18.1. The van der Waals surface area contributed by atoms with Crippen LogP contribution in [0.15, 0.2) is 54.7 Å². The minimum atomic E-state index is -0.270. The topological polar surface area (TPSA) is 91.5 Å². The highest BCUT2D eigenvalue weighted by atomic mass is 32.1. The number of amides is 1. The molecule has 0 spiro atoms. The standard InChI is InChI=1S/C23H25N5O3S/c1-14-7-9-17(25-14)22-21(16-6-4-5-11-24-16)27-23(32)28(22)15-8-10-19(31-3)18(12-15)26-20(29)13-30-2/h4-12,21-22,25H,13H2,1-3H3,(H,26,29)(H,27,32). The Morgan fingerprint density at radius 1 is 1.22 bits per heavy atom. The normalized spacial score (nSPS) is 17.8. The molecule has 9 heteroatoms. The van der Waals surface area contributed by atoms with E-state index in [1.54, 1.807) is 13.3 Å². The van der Waals surface area contributed by atoms with Gasteiger partial charge in [0, 0.05) is 30.4 Å². The van der Waals surface area contributed by atoms with Crippen molar-refractivity contribution in [3.63, 3.8) is 0 Å². The molecule has 3 aromatic rings. The number of aryl methyl sites for hydroxylation is 1. The number of thiocarbonyl (C=S) groups is 1. The molecule has 0 aliphatic carbocycles. The maximum atomic E-state index is 12.1. The van der Waals surface area contributed by atoms with Gasteiger partial charge in [0.15, 0.2) is 5.11 Å². The van der Waals surface area contributed by atoms with E-state index in [-0.39, 0.29) is 24.6 Å². The number of carbonyl (C=O) groups excluding carboxylic acids is 1. The minimum Gasteiger partial charge on any atom is -0.495 e. The first kappa shape index (κ1) is 21.8. The summed E-state index contributed by atoms with van der Waals surface area (Å²) in [7, 11) is 3.03. The molecule has 166 valence electrons. The number of nitrogens with one attached hydrogen (secondary N) is 3. The fourth-order valence-corrected chi connectivity index (χ4v) is 4.25. The number of nitrogens with zero attached hydrogens (tertiary/aromatic N) is 2. The van der Waals surface area contributed by atoms with Crippen LogP contribution in [0.5, 0.6) is 5.75 Å². The molecule has 2 aromatic heterocycles. The molecule has 8 nitrogen and oxygen atoms in total. The van der Waals surface area contributed by atoms with Crippen LogP contribution in [0.3, 0.4) is 0 Å². The van der Waals surface area contributed by atoms with Crippen molar-refractivity contribution in [2.24, 2.45) is 0 Å². The Hall–Kier alpha value is -3.43. The Balaban J connectivity index is 1.77. The van der Waals surface area contributed by atoms with Crippen LogP contribution in [0, 0.1) is 6.92 Å². The number of H-pyrrole nitrogens is 1. The van der Waals surface area contributed by atoms with Gasteiger partial charge in [-0.3, -0.25) is 9.78 Å². The number of aromatic nitrogens is 2. The highest BCUT2D eigenvalue weighted by Gasteiger charge is 2.41. The van der Waals surface area contributed by atoms with E-state index in [1.165, 1.54) is 7.11 Å². The number of hydrogen-bond acceptors (Lipinski definition) is 5. The van der Waals surface area contributed by atoms with Crippen molar-refractivity contribution in [3.05, 3.63) is 71.8 Å². The Morgan fingerprint density at radius 2 is 2.06 bits per heavy atom. The molecule has 2 atom stereocenters. The van der Waals surface area contributed by atoms with Gasteiger partial charge in [-0.15, -0.1) is 0 Å². The first-order valence-corrected chi connectivity index (χ1v) is 10.6. The molecule has 1 fully saturated rings. The first-order valence-electron chi connectivity index (χ1n) is 10.1. The second kappa shape index (κ2) is 9.37. The summed E-state index contributed by atoms with van der Waals surface area (Å²) >= 11 is 5.75. The van der Waals surface area contributed by atoms with Crippen molar-refractivity contribution in [1.82, 2.24) is 15.3 Å². The molecule has 1 saturated heterocycles. The number of carbonyl (C=O) groups is 1. The van der Waals surface area contributed by atoms with E-state index >= 15 is 0 Å². The molecule has 1 aliphatic heterocycles. The summed E-state index contributed by atoms with van der Waals surface area (Å²) in [6.07, 6.45) is 1.77. The van der Waals surface area contributed by atoms with Crippen LogP contribution in [0.25, 0.3) is 0 Å². The SMILES string of the molecule is COCC(=O)Nc1cc(N2C(=S)NC(c3ccccn3)C2c2ccc(C)[nH]2)ccc1OC. The van der Waals surface area contributed by atoms with Crippen molar-refractivity contribution < 1.29 is 14.3 Å². The van der Waals surface area contributed by atoms with Gasteiger partial charge in [0.25, 0.3) is 0 Å². The molecule has 3 N–H and O–H groups in total. The monoisotopic (exact) mass is 451 g/mol. The van der Waals surface area contributed by atoms with Gasteiger partial charge >= 0.3 is 0 Å². The average Bonchev–Trinajstić information content (AvgIpc) is 3.37. The number of methoxy groups -OCH3 is 2. The van der Waals surface area contributed by atoms with Crippen molar-refractivity contribution in [2.45, 2.75) is 19.0 Å². The lowest BCUT2D eigenvalue weighted by molar-refractivity contribution is -0.119. The van der Waals surface area contributed by atoms with Crippen LogP contribution < -0.4 is 20.3 Å². The lowest BCUT2D eigenvalue weighted by Crippen LogP contribution is -2.29. The first-order chi connectivity index (χ1) is 15.5. The number of pyridine rings is 1. The summed E-state index contributed by atoms with van der Waals surface area (Å²) in [6.45, 7) is 1.96. The van der Waals surface area contributed by atoms with Crippen LogP contribution in [-0.2, 0) is 9.53 Å². The molecule has 1 aromatic carbocycles. The lowest BCUT2D eigenvalue weighted by Gasteiger charge is -2.27. The fraction of sp³-hybridized carbons (Fsp3) is 0.261. The third-order valence-electron chi connectivity index (χ3n) is 5.28. The largest absolute Gasteiger partial charge is 0.495 e. The number of benzene rings is 1. The molecule has 2 unspecified atom stereocenters. The van der Waals surface area contributed by atoms with E-state index in [9.17, 15) is 4.79 Å². The third kappa shape index (κ3) is 4.30. The van der Waals surface area contributed by atoms with E-state index in [1.807, 2.05) is 54.3 Å². The molecule has 0 saturated carbocycles. The van der Waals surface area contributed by atoms with E-state index in [4.69, 9.17) is 21.7 Å². The molecule has 1 amide bonds. The summed E-state index contributed by atoms with van der Waals surface area (Å²) < 4.78 is 10.4. The van der Waals surface area contributed by atoms with Gasteiger partial charge in [-0.1, -0.05) is 6.07 Å². The Kier molecular flexibility index (Phi) is 6.38. The van der Waals surface area contributed by atoms with Gasteiger partial charge in [0.05, 0.1) is 24.5 Å². The molecule has 0 bridgehead atoms. The summed E-state index contributed by atoms with van der Waals surface area (Å²) in [4.78, 5) is 22.2. The van der Waals surface area contributed by atoms with Gasteiger partial charge < -0.3 is 30.0 Å². The van der Waals surface area contributed by atoms with E-state index in [0.717, 1.165) is 22.8 Å². The van der Waals surface area contributed by atoms with Crippen molar-refractivity contribution in [2.75, 3.05) is 31.0 Å². The molecule has 4 rings (SSSR count). The van der Waals surface area contributed by atoms with E-state index in [2.05, 4.69) is 26.7 Å². The number of ether oxygens (including phenoxy) is 2. The molecule has 3 heterocycles. The maximum absolute atomic E-state index is 12.1. The van der Waals surface area contributed by atoms with Gasteiger partial charge in [0.1, 0.15) is 18.4 Å². The number of anilines is 2. The molecule has 32 heavy (non-hydrogen) atoms. The summed E-state index contributed by atoms with van der Waals surface area (Å²) in [5.41, 5.74) is 4.30.